The van der Waals surface area contributed by atoms with Crippen molar-refractivity contribution < 1.29 is 8.42 Å². The predicted molar refractivity (Wildman–Crippen MR) is 88.5 cm³/mol. The van der Waals surface area contributed by atoms with Crippen LogP contribution in [-0.2, 0) is 10.0 Å². The third kappa shape index (κ3) is 2.81. The summed E-state index contributed by atoms with van der Waals surface area (Å²) in [4.78, 5) is 0.446. The molecule has 116 valence electrons. The predicted octanol–water partition coefficient (Wildman–Crippen LogP) is 3.48. The molecular weight excluding hydrogens is 294 g/mol. The summed E-state index contributed by atoms with van der Waals surface area (Å²) < 4.78 is 27.5. The Kier molecular flexibility index (Phi) is 4.06. The number of aryl methyl sites for hydroxylation is 2. The third-order valence-corrected chi connectivity index (χ3v) is 6.39. The minimum absolute atomic E-state index is 0.293. The van der Waals surface area contributed by atoms with E-state index in [0.29, 0.717) is 23.9 Å². The highest BCUT2D eigenvalue weighted by molar-refractivity contribution is 7.89. The fourth-order valence-electron chi connectivity index (χ4n) is 3.07. The number of rotatable bonds is 3. The molecule has 1 heterocycles. The minimum atomic E-state index is -3.40. The van der Waals surface area contributed by atoms with E-state index in [4.69, 9.17) is 0 Å². The van der Waals surface area contributed by atoms with Crippen LogP contribution in [0.1, 0.15) is 29.0 Å². The molecule has 1 aliphatic rings. The number of sulfonamides is 1. The van der Waals surface area contributed by atoms with Crippen LogP contribution in [0.3, 0.4) is 0 Å². The molecule has 2 aromatic rings. The Labute approximate surface area is 132 Å². The summed E-state index contributed by atoms with van der Waals surface area (Å²) in [6, 6.07) is 15.8. The van der Waals surface area contributed by atoms with Crippen LogP contribution in [0.5, 0.6) is 0 Å². The summed E-state index contributed by atoms with van der Waals surface area (Å²) in [5, 5.41) is 0. The van der Waals surface area contributed by atoms with Crippen LogP contribution < -0.4 is 0 Å². The van der Waals surface area contributed by atoms with E-state index in [2.05, 4.69) is 12.1 Å². The molecule has 3 nitrogen and oxygen atoms in total. The van der Waals surface area contributed by atoms with Gasteiger partial charge in [-0.3, -0.25) is 0 Å². The first-order valence-electron chi connectivity index (χ1n) is 7.61. The van der Waals surface area contributed by atoms with Crippen molar-refractivity contribution >= 4 is 10.0 Å². The fourth-order valence-corrected chi connectivity index (χ4v) is 4.88. The maximum atomic E-state index is 12.9. The monoisotopic (exact) mass is 315 g/mol. The van der Waals surface area contributed by atoms with E-state index in [0.717, 1.165) is 17.5 Å². The lowest BCUT2D eigenvalue weighted by atomic mass is 9.99. The molecule has 1 saturated heterocycles. The van der Waals surface area contributed by atoms with E-state index >= 15 is 0 Å². The molecule has 0 aliphatic carbocycles. The Hall–Kier alpha value is -1.65. The van der Waals surface area contributed by atoms with Gasteiger partial charge in [0, 0.05) is 13.1 Å². The number of hydrogen-bond donors (Lipinski definition) is 0. The summed E-state index contributed by atoms with van der Waals surface area (Å²) in [6.45, 7) is 4.95. The van der Waals surface area contributed by atoms with Gasteiger partial charge in [0.25, 0.3) is 0 Å². The van der Waals surface area contributed by atoms with Crippen molar-refractivity contribution in [3.63, 3.8) is 0 Å². The highest BCUT2D eigenvalue weighted by Crippen LogP contribution is 2.32. The lowest BCUT2D eigenvalue weighted by Gasteiger charge is -2.18. The Balaban J connectivity index is 1.87. The van der Waals surface area contributed by atoms with Gasteiger partial charge in [-0.25, -0.2) is 8.42 Å². The summed E-state index contributed by atoms with van der Waals surface area (Å²) in [5.41, 5.74) is 3.01. The van der Waals surface area contributed by atoms with Crippen molar-refractivity contribution in [2.45, 2.75) is 31.1 Å². The molecule has 3 rings (SSSR count). The van der Waals surface area contributed by atoms with E-state index < -0.39 is 10.0 Å². The summed E-state index contributed by atoms with van der Waals surface area (Å²) in [7, 11) is -3.40. The second kappa shape index (κ2) is 5.86. The molecule has 0 amide bonds. The highest BCUT2D eigenvalue weighted by Gasteiger charge is 2.33. The normalized spacial score (nSPS) is 19.5. The van der Waals surface area contributed by atoms with Crippen LogP contribution in [0.25, 0.3) is 0 Å². The zero-order valence-corrected chi connectivity index (χ0v) is 13.8. The van der Waals surface area contributed by atoms with Gasteiger partial charge in [-0.05, 0) is 48.9 Å². The standard InChI is InChI=1S/C18H21NO2S/c1-14-8-9-15(2)18(12-14)22(20,21)19-11-10-17(13-19)16-6-4-3-5-7-16/h3-9,12,17H,10-11,13H2,1-2H3. The second-order valence-corrected chi connectivity index (χ2v) is 7.93. The number of nitrogens with zero attached hydrogens (tertiary/aromatic N) is 1. The van der Waals surface area contributed by atoms with E-state index in [-0.39, 0.29) is 0 Å². The molecule has 22 heavy (non-hydrogen) atoms. The first-order chi connectivity index (χ1) is 10.5. The lowest BCUT2D eigenvalue weighted by molar-refractivity contribution is 0.472. The van der Waals surface area contributed by atoms with Gasteiger partial charge in [-0.15, -0.1) is 0 Å². The van der Waals surface area contributed by atoms with Crippen molar-refractivity contribution in [1.29, 1.82) is 0 Å². The van der Waals surface area contributed by atoms with Crippen LogP contribution >= 0.6 is 0 Å². The minimum Gasteiger partial charge on any atom is -0.207 e. The van der Waals surface area contributed by atoms with Crippen molar-refractivity contribution in [2.75, 3.05) is 13.1 Å². The first-order valence-corrected chi connectivity index (χ1v) is 9.05. The molecular formula is C18H21NO2S. The smallest absolute Gasteiger partial charge is 0.207 e. The van der Waals surface area contributed by atoms with Crippen LogP contribution in [0.15, 0.2) is 53.4 Å². The maximum Gasteiger partial charge on any atom is 0.243 e. The van der Waals surface area contributed by atoms with Crippen LogP contribution in [0.4, 0.5) is 0 Å². The molecule has 1 fully saturated rings. The second-order valence-electron chi connectivity index (χ2n) is 6.03. The topological polar surface area (TPSA) is 37.4 Å². The first kappa shape index (κ1) is 15.3. The number of benzene rings is 2. The maximum absolute atomic E-state index is 12.9. The molecule has 0 bridgehead atoms. The summed E-state index contributed by atoms with van der Waals surface area (Å²) >= 11 is 0. The third-order valence-electron chi connectivity index (χ3n) is 4.38. The van der Waals surface area contributed by atoms with Gasteiger partial charge in [0.2, 0.25) is 10.0 Å². The SMILES string of the molecule is Cc1ccc(C)c(S(=O)(=O)N2CCC(c3ccccc3)C2)c1. The molecule has 4 heteroatoms. The average molecular weight is 315 g/mol. The van der Waals surface area contributed by atoms with Crippen molar-refractivity contribution in [3.05, 3.63) is 65.2 Å². The van der Waals surface area contributed by atoms with E-state index in [1.165, 1.54) is 5.56 Å². The Morgan fingerprint density at radius 1 is 1.05 bits per heavy atom. The molecule has 1 aliphatic heterocycles. The molecule has 0 spiro atoms. The molecule has 1 unspecified atom stereocenters. The van der Waals surface area contributed by atoms with Crippen LogP contribution in [0.2, 0.25) is 0 Å². The van der Waals surface area contributed by atoms with Gasteiger partial charge in [0.1, 0.15) is 0 Å². The van der Waals surface area contributed by atoms with Crippen LogP contribution in [0, 0.1) is 13.8 Å². The lowest BCUT2D eigenvalue weighted by Crippen LogP contribution is -2.29. The summed E-state index contributed by atoms with van der Waals surface area (Å²) in [6.07, 6.45) is 0.883. The zero-order chi connectivity index (χ0) is 15.7. The Morgan fingerprint density at radius 3 is 2.50 bits per heavy atom. The molecule has 0 N–H and O–H groups in total. The number of hydrogen-bond acceptors (Lipinski definition) is 2. The molecule has 0 radical (unpaired) electrons. The van der Waals surface area contributed by atoms with Gasteiger partial charge in [0.15, 0.2) is 0 Å². The molecule has 1 atom stereocenters. The summed E-state index contributed by atoms with van der Waals surface area (Å²) in [5.74, 6) is 0.293. The van der Waals surface area contributed by atoms with Gasteiger partial charge < -0.3 is 0 Å². The average Bonchev–Trinajstić information content (AvgIpc) is 3.01. The van der Waals surface area contributed by atoms with Gasteiger partial charge in [-0.1, -0.05) is 42.5 Å². The Bertz CT molecular complexity index is 769. The van der Waals surface area contributed by atoms with Gasteiger partial charge in [-0.2, -0.15) is 4.31 Å². The van der Waals surface area contributed by atoms with Gasteiger partial charge >= 0.3 is 0 Å². The van der Waals surface area contributed by atoms with Crippen molar-refractivity contribution in [3.8, 4) is 0 Å². The van der Waals surface area contributed by atoms with Crippen molar-refractivity contribution in [2.24, 2.45) is 0 Å². The fraction of sp³-hybridized carbons (Fsp3) is 0.333. The van der Waals surface area contributed by atoms with E-state index in [9.17, 15) is 8.42 Å². The van der Waals surface area contributed by atoms with Crippen LogP contribution in [-0.4, -0.2) is 25.8 Å². The van der Waals surface area contributed by atoms with Crippen molar-refractivity contribution in [1.82, 2.24) is 4.31 Å². The van der Waals surface area contributed by atoms with E-state index in [1.54, 1.807) is 10.4 Å². The molecule has 0 saturated carbocycles. The van der Waals surface area contributed by atoms with Gasteiger partial charge in [0.05, 0.1) is 4.90 Å². The Morgan fingerprint density at radius 2 is 1.77 bits per heavy atom. The molecule has 0 aromatic heterocycles. The largest absolute Gasteiger partial charge is 0.243 e. The zero-order valence-electron chi connectivity index (χ0n) is 13.0. The highest BCUT2D eigenvalue weighted by atomic mass is 32.2. The quantitative estimate of drug-likeness (QED) is 0.869. The molecule has 2 aromatic carbocycles. The van der Waals surface area contributed by atoms with E-state index in [1.807, 2.05) is 44.2 Å².